The monoisotopic (exact) mass is 408 g/mol. The van der Waals surface area contributed by atoms with Gasteiger partial charge in [-0.1, -0.05) is 30.3 Å². The average molecular weight is 408 g/mol. The highest BCUT2D eigenvalue weighted by Gasteiger charge is 2.49. The highest BCUT2D eigenvalue weighted by molar-refractivity contribution is 6.17. The van der Waals surface area contributed by atoms with Crippen molar-refractivity contribution in [2.24, 2.45) is 0 Å². The molecule has 7 nitrogen and oxygen atoms in total. The number of ether oxygens (including phenoxy) is 2. The number of nitrogens with one attached hydrogen (secondary N) is 1. The van der Waals surface area contributed by atoms with E-state index < -0.39 is 23.4 Å². The second kappa shape index (κ2) is 8.82. The van der Waals surface area contributed by atoms with Gasteiger partial charge < -0.3 is 14.8 Å². The molecule has 7 heteroatoms. The summed E-state index contributed by atoms with van der Waals surface area (Å²) in [5, 5.41) is 3.01. The number of para-hydroxylation sites is 2. The van der Waals surface area contributed by atoms with E-state index in [1.54, 1.807) is 69.3 Å². The third-order valence-corrected chi connectivity index (χ3v) is 4.72. The van der Waals surface area contributed by atoms with Gasteiger partial charge in [-0.2, -0.15) is 0 Å². The molecule has 1 heterocycles. The van der Waals surface area contributed by atoms with Crippen LogP contribution in [0.15, 0.2) is 66.4 Å². The highest BCUT2D eigenvalue weighted by atomic mass is 16.5. The molecule has 1 amide bonds. The molecule has 0 saturated heterocycles. The predicted octanol–water partition coefficient (Wildman–Crippen LogP) is 3.53. The van der Waals surface area contributed by atoms with Crippen LogP contribution in [0.1, 0.15) is 31.1 Å². The molecule has 0 fully saturated rings. The van der Waals surface area contributed by atoms with Gasteiger partial charge >= 0.3 is 11.9 Å². The van der Waals surface area contributed by atoms with Gasteiger partial charge in [0.05, 0.1) is 24.5 Å². The van der Waals surface area contributed by atoms with Gasteiger partial charge in [0.1, 0.15) is 5.70 Å². The molecule has 2 aromatic carbocycles. The molecule has 0 bridgehead atoms. The Kier molecular flexibility index (Phi) is 6.20. The van der Waals surface area contributed by atoms with E-state index in [1.807, 2.05) is 6.07 Å². The van der Waals surface area contributed by atoms with E-state index in [-0.39, 0.29) is 18.9 Å². The lowest BCUT2D eigenvalue weighted by molar-refractivity contribution is -0.147. The van der Waals surface area contributed by atoms with Gasteiger partial charge in [0, 0.05) is 5.69 Å². The number of carbonyl (C=O) groups excluding carboxylic acids is 3. The fourth-order valence-electron chi connectivity index (χ4n) is 3.34. The van der Waals surface area contributed by atoms with Crippen molar-refractivity contribution in [2.75, 3.05) is 23.4 Å². The lowest BCUT2D eigenvalue weighted by Gasteiger charge is -2.32. The number of hydrogen-bond donors (Lipinski definition) is 1. The van der Waals surface area contributed by atoms with Crippen LogP contribution in [0.5, 0.6) is 0 Å². The van der Waals surface area contributed by atoms with Gasteiger partial charge in [0.15, 0.2) is 5.54 Å². The van der Waals surface area contributed by atoms with E-state index in [1.165, 1.54) is 11.0 Å². The minimum absolute atomic E-state index is 0.172. The first-order valence-electron chi connectivity index (χ1n) is 9.75. The Morgan fingerprint density at radius 2 is 1.60 bits per heavy atom. The number of nitrogens with zero attached hydrogens (tertiary/aromatic N) is 1. The maximum atomic E-state index is 13.3. The van der Waals surface area contributed by atoms with E-state index in [0.29, 0.717) is 16.9 Å². The molecular weight excluding hydrogens is 384 g/mol. The lowest BCUT2D eigenvalue weighted by atomic mass is 10.0. The van der Waals surface area contributed by atoms with E-state index in [2.05, 4.69) is 5.32 Å². The number of rotatable bonds is 7. The SMILES string of the molecule is CCOC(=O)c1ccccc1NC1=C[C@](C)(C(=O)OCC)N(c2ccccc2)C1=O. The van der Waals surface area contributed by atoms with Crippen molar-refractivity contribution >= 4 is 29.2 Å². The molecule has 2 aromatic rings. The minimum Gasteiger partial charge on any atom is -0.464 e. The van der Waals surface area contributed by atoms with Crippen LogP contribution in [-0.2, 0) is 19.1 Å². The molecule has 0 spiro atoms. The van der Waals surface area contributed by atoms with E-state index in [9.17, 15) is 14.4 Å². The Morgan fingerprint density at radius 3 is 2.27 bits per heavy atom. The summed E-state index contributed by atoms with van der Waals surface area (Å²) in [6, 6.07) is 15.6. The molecule has 0 unspecified atom stereocenters. The smallest absolute Gasteiger partial charge is 0.340 e. The molecule has 0 saturated carbocycles. The summed E-state index contributed by atoms with van der Waals surface area (Å²) in [6.07, 6.45) is 1.53. The van der Waals surface area contributed by atoms with Crippen LogP contribution >= 0.6 is 0 Å². The predicted molar refractivity (Wildman–Crippen MR) is 113 cm³/mol. The summed E-state index contributed by atoms with van der Waals surface area (Å²) >= 11 is 0. The first kappa shape index (κ1) is 21.1. The van der Waals surface area contributed by atoms with Crippen LogP contribution in [0, 0.1) is 0 Å². The molecule has 3 rings (SSSR count). The molecule has 156 valence electrons. The quantitative estimate of drug-likeness (QED) is 0.706. The standard InChI is InChI=1S/C23H24N2O5/c1-4-29-21(27)17-13-9-10-14-18(17)24-19-15-23(3,22(28)30-5-2)25(20(19)26)16-11-7-6-8-12-16/h6-15,24H,4-5H2,1-3H3/t23-/m1/s1. The summed E-state index contributed by atoms with van der Waals surface area (Å²) in [7, 11) is 0. The highest BCUT2D eigenvalue weighted by Crippen LogP contribution is 2.35. The van der Waals surface area contributed by atoms with Crippen molar-refractivity contribution in [1.82, 2.24) is 0 Å². The van der Waals surface area contributed by atoms with E-state index in [0.717, 1.165) is 0 Å². The summed E-state index contributed by atoms with van der Waals surface area (Å²) < 4.78 is 10.3. The Hall–Kier alpha value is -3.61. The van der Waals surface area contributed by atoms with E-state index in [4.69, 9.17) is 9.47 Å². The van der Waals surface area contributed by atoms with Crippen molar-refractivity contribution < 1.29 is 23.9 Å². The molecular formula is C23H24N2O5. The van der Waals surface area contributed by atoms with Gasteiger partial charge in [-0.3, -0.25) is 9.69 Å². The molecule has 1 N–H and O–H groups in total. The maximum Gasteiger partial charge on any atom is 0.340 e. The topological polar surface area (TPSA) is 84.9 Å². The van der Waals surface area contributed by atoms with Gasteiger partial charge in [0.25, 0.3) is 5.91 Å². The van der Waals surface area contributed by atoms with Crippen molar-refractivity contribution in [3.8, 4) is 0 Å². The van der Waals surface area contributed by atoms with Gasteiger partial charge in [0.2, 0.25) is 0 Å². The Balaban J connectivity index is 2.01. The average Bonchev–Trinajstić information content (AvgIpc) is 3.00. The van der Waals surface area contributed by atoms with Crippen LogP contribution in [0.4, 0.5) is 11.4 Å². The zero-order valence-electron chi connectivity index (χ0n) is 17.2. The third kappa shape index (κ3) is 3.91. The zero-order chi connectivity index (χ0) is 21.7. The normalized spacial score (nSPS) is 18.0. The maximum absolute atomic E-state index is 13.3. The van der Waals surface area contributed by atoms with Crippen LogP contribution in [0.25, 0.3) is 0 Å². The second-order valence-electron chi connectivity index (χ2n) is 6.79. The number of esters is 2. The summed E-state index contributed by atoms with van der Waals surface area (Å²) in [6.45, 7) is 5.48. The number of anilines is 2. The molecule has 1 atom stereocenters. The van der Waals surface area contributed by atoms with Gasteiger partial charge in [-0.15, -0.1) is 0 Å². The van der Waals surface area contributed by atoms with Gasteiger partial charge in [-0.25, -0.2) is 9.59 Å². The number of hydrogen-bond acceptors (Lipinski definition) is 6. The third-order valence-electron chi connectivity index (χ3n) is 4.72. The van der Waals surface area contributed by atoms with Gasteiger partial charge in [-0.05, 0) is 51.1 Å². The van der Waals surface area contributed by atoms with Crippen LogP contribution in [0.2, 0.25) is 0 Å². The van der Waals surface area contributed by atoms with Crippen molar-refractivity contribution in [2.45, 2.75) is 26.3 Å². The second-order valence-corrected chi connectivity index (χ2v) is 6.79. The Morgan fingerprint density at radius 1 is 0.967 bits per heavy atom. The largest absolute Gasteiger partial charge is 0.464 e. The molecule has 30 heavy (non-hydrogen) atoms. The molecule has 0 radical (unpaired) electrons. The van der Waals surface area contributed by atoms with Crippen LogP contribution in [0.3, 0.4) is 0 Å². The zero-order valence-corrected chi connectivity index (χ0v) is 17.2. The van der Waals surface area contributed by atoms with Crippen molar-refractivity contribution in [1.29, 1.82) is 0 Å². The lowest BCUT2D eigenvalue weighted by Crippen LogP contribution is -2.51. The van der Waals surface area contributed by atoms with Crippen LogP contribution < -0.4 is 10.2 Å². The van der Waals surface area contributed by atoms with Crippen molar-refractivity contribution in [3.63, 3.8) is 0 Å². The summed E-state index contributed by atoms with van der Waals surface area (Å²) in [5.74, 6) is -1.45. The molecule has 0 aromatic heterocycles. The molecule has 0 aliphatic carbocycles. The van der Waals surface area contributed by atoms with Crippen LogP contribution in [-0.4, -0.2) is 36.6 Å². The number of carbonyl (C=O) groups is 3. The number of amides is 1. The summed E-state index contributed by atoms with van der Waals surface area (Å²) in [4.78, 5) is 39.8. The number of benzene rings is 2. The first-order valence-corrected chi connectivity index (χ1v) is 9.75. The van der Waals surface area contributed by atoms with E-state index >= 15 is 0 Å². The van der Waals surface area contributed by atoms with Crippen molar-refractivity contribution in [3.05, 3.63) is 71.9 Å². The molecule has 1 aliphatic heterocycles. The minimum atomic E-state index is -1.34. The molecule has 1 aliphatic rings. The Bertz CT molecular complexity index is 986. The fraction of sp³-hybridized carbons (Fsp3) is 0.261. The fourth-order valence-corrected chi connectivity index (χ4v) is 3.34. The first-order chi connectivity index (χ1) is 14.4. The Labute approximate surface area is 175 Å². The summed E-state index contributed by atoms with van der Waals surface area (Å²) in [5.41, 5.74) is 0.104.